The fourth-order valence-corrected chi connectivity index (χ4v) is 1.93. The smallest absolute Gasteiger partial charge is 0.371 e. The molecule has 0 amide bonds. The average Bonchev–Trinajstić information content (AvgIpc) is 2.88. The molecule has 0 radical (unpaired) electrons. The number of benzene rings is 1. The van der Waals surface area contributed by atoms with E-state index in [1.807, 2.05) is 12.1 Å². The summed E-state index contributed by atoms with van der Waals surface area (Å²) in [5.41, 5.74) is 1.45. The van der Waals surface area contributed by atoms with Crippen LogP contribution in [0, 0.1) is 0 Å². The number of hydrogen-bond donors (Lipinski definition) is 2. The van der Waals surface area contributed by atoms with Crippen molar-refractivity contribution in [2.45, 2.75) is 26.4 Å². The van der Waals surface area contributed by atoms with E-state index in [2.05, 4.69) is 5.32 Å². The Balaban J connectivity index is 2.05. The number of esters is 1. The minimum absolute atomic E-state index is 0.0880. The van der Waals surface area contributed by atoms with E-state index >= 15 is 0 Å². The third kappa shape index (κ3) is 3.61. The first-order valence-electron chi connectivity index (χ1n) is 6.67. The molecule has 0 aliphatic carbocycles. The Morgan fingerprint density at radius 3 is 2.81 bits per heavy atom. The summed E-state index contributed by atoms with van der Waals surface area (Å²) in [4.78, 5) is 22.3. The van der Waals surface area contributed by atoms with Crippen LogP contribution in [0.15, 0.2) is 28.7 Å². The Morgan fingerprint density at radius 2 is 2.14 bits per heavy atom. The van der Waals surface area contributed by atoms with Gasteiger partial charge < -0.3 is 19.6 Å². The number of carbonyl (C=O) groups is 2. The van der Waals surface area contributed by atoms with Crippen molar-refractivity contribution in [2.24, 2.45) is 0 Å². The minimum Gasteiger partial charge on any atom is -0.475 e. The molecule has 0 saturated carbocycles. The van der Waals surface area contributed by atoms with E-state index < -0.39 is 12.0 Å². The number of fused-ring (bicyclic) bond motifs is 1. The zero-order chi connectivity index (χ0) is 15.4. The monoisotopic (exact) mass is 291 g/mol. The molecule has 6 nitrogen and oxygen atoms in total. The van der Waals surface area contributed by atoms with Crippen LogP contribution in [0.25, 0.3) is 11.0 Å². The highest BCUT2D eigenvalue weighted by Gasteiger charge is 2.14. The van der Waals surface area contributed by atoms with Gasteiger partial charge in [0.05, 0.1) is 6.61 Å². The molecular weight excluding hydrogens is 274 g/mol. The van der Waals surface area contributed by atoms with Gasteiger partial charge in [-0.2, -0.15) is 0 Å². The SMILES string of the molecule is CCOC(=O)C(C)NCc1ccc2oc(C(=O)O)cc2c1. The zero-order valence-electron chi connectivity index (χ0n) is 11.9. The van der Waals surface area contributed by atoms with Gasteiger partial charge in [-0.25, -0.2) is 4.79 Å². The largest absolute Gasteiger partial charge is 0.475 e. The molecule has 21 heavy (non-hydrogen) atoms. The summed E-state index contributed by atoms with van der Waals surface area (Å²) in [7, 11) is 0. The highest BCUT2D eigenvalue weighted by molar-refractivity contribution is 5.91. The lowest BCUT2D eigenvalue weighted by Gasteiger charge is -2.12. The van der Waals surface area contributed by atoms with Crippen LogP contribution in [0.2, 0.25) is 0 Å². The minimum atomic E-state index is -1.10. The molecule has 0 spiro atoms. The van der Waals surface area contributed by atoms with Crippen LogP contribution in [0.1, 0.15) is 30.0 Å². The van der Waals surface area contributed by atoms with E-state index in [1.165, 1.54) is 6.07 Å². The van der Waals surface area contributed by atoms with Crippen molar-refractivity contribution in [3.05, 3.63) is 35.6 Å². The molecule has 1 heterocycles. The number of ether oxygens (including phenoxy) is 1. The van der Waals surface area contributed by atoms with E-state index in [9.17, 15) is 9.59 Å². The first-order valence-corrected chi connectivity index (χ1v) is 6.67. The first-order chi connectivity index (χ1) is 10.0. The fraction of sp³-hybridized carbons (Fsp3) is 0.333. The highest BCUT2D eigenvalue weighted by Crippen LogP contribution is 2.20. The standard InChI is InChI=1S/C15H17NO5/c1-3-20-15(19)9(2)16-8-10-4-5-12-11(6-10)7-13(21-12)14(17)18/h4-7,9,16H,3,8H2,1-2H3,(H,17,18). The Kier molecular flexibility index (Phi) is 4.59. The van der Waals surface area contributed by atoms with Gasteiger partial charge in [-0.15, -0.1) is 0 Å². The molecule has 0 saturated heterocycles. The Bertz CT molecular complexity index is 661. The van der Waals surface area contributed by atoms with Crippen LogP contribution >= 0.6 is 0 Å². The quantitative estimate of drug-likeness (QED) is 0.793. The van der Waals surface area contributed by atoms with Gasteiger partial charge >= 0.3 is 11.9 Å². The van der Waals surface area contributed by atoms with Gasteiger partial charge in [-0.1, -0.05) is 6.07 Å². The zero-order valence-corrected chi connectivity index (χ0v) is 11.9. The number of carbonyl (C=O) groups excluding carboxylic acids is 1. The number of furan rings is 1. The van der Waals surface area contributed by atoms with Crippen molar-refractivity contribution < 1.29 is 23.8 Å². The molecule has 0 fully saturated rings. The van der Waals surface area contributed by atoms with Crippen molar-refractivity contribution in [1.82, 2.24) is 5.32 Å². The van der Waals surface area contributed by atoms with Crippen LogP contribution in [0.4, 0.5) is 0 Å². The van der Waals surface area contributed by atoms with Crippen molar-refractivity contribution in [1.29, 1.82) is 0 Å². The molecule has 0 bridgehead atoms. The van der Waals surface area contributed by atoms with Gasteiger partial charge in [0.1, 0.15) is 11.6 Å². The molecule has 2 rings (SSSR count). The third-order valence-corrected chi connectivity index (χ3v) is 3.04. The van der Waals surface area contributed by atoms with E-state index in [1.54, 1.807) is 19.9 Å². The van der Waals surface area contributed by atoms with Crippen LogP contribution in [0.3, 0.4) is 0 Å². The van der Waals surface area contributed by atoms with Crippen LogP contribution in [0.5, 0.6) is 0 Å². The lowest BCUT2D eigenvalue weighted by atomic mass is 10.1. The number of carboxylic acid groups (broad SMARTS) is 1. The lowest BCUT2D eigenvalue weighted by Crippen LogP contribution is -2.34. The number of rotatable bonds is 6. The Morgan fingerprint density at radius 1 is 1.38 bits per heavy atom. The second kappa shape index (κ2) is 6.41. The van der Waals surface area contributed by atoms with E-state index in [-0.39, 0.29) is 11.7 Å². The van der Waals surface area contributed by atoms with Gasteiger partial charge in [0, 0.05) is 11.9 Å². The fourth-order valence-electron chi connectivity index (χ4n) is 1.93. The molecule has 1 unspecified atom stereocenters. The maximum absolute atomic E-state index is 11.5. The van der Waals surface area contributed by atoms with E-state index in [0.29, 0.717) is 18.7 Å². The second-order valence-electron chi connectivity index (χ2n) is 4.64. The number of hydrogen-bond acceptors (Lipinski definition) is 5. The third-order valence-electron chi connectivity index (χ3n) is 3.04. The highest BCUT2D eigenvalue weighted by atomic mass is 16.5. The van der Waals surface area contributed by atoms with Crippen molar-refractivity contribution >= 4 is 22.9 Å². The summed E-state index contributed by atoms with van der Waals surface area (Å²) in [6.07, 6.45) is 0. The average molecular weight is 291 g/mol. The molecule has 0 aliphatic heterocycles. The van der Waals surface area contributed by atoms with E-state index in [4.69, 9.17) is 14.3 Å². The van der Waals surface area contributed by atoms with Crippen LogP contribution in [-0.2, 0) is 16.1 Å². The molecular formula is C15H17NO5. The van der Waals surface area contributed by atoms with E-state index in [0.717, 1.165) is 10.9 Å². The molecule has 1 aromatic carbocycles. The summed E-state index contributed by atoms with van der Waals surface area (Å²) < 4.78 is 10.1. The summed E-state index contributed by atoms with van der Waals surface area (Å²) in [6, 6.07) is 6.45. The van der Waals surface area contributed by atoms with Gasteiger partial charge in [0.15, 0.2) is 0 Å². The maximum atomic E-state index is 11.5. The van der Waals surface area contributed by atoms with Crippen molar-refractivity contribution in [2.75, 3.05) is 6.61 Å². The molecule has 6 heteroatoms. The maximum Gasteiger partial charge on any atom is 0.371 e. The topological polar surface area (TPSA) is 88.8 Å². The summed E-state index contributed by atoms with van der Waals surface area (Å²) in [5.74, 6) is -1.48. The molecule has 1 atom stereocenters. The Hall–Kier alpha value is -2.34. The summed E-state index contributed by atoms with van der Waals surface area (Å²) in [5, 5.41) is 12.7. The molecule has 1 aromatic heterocycles. The molecule has 2 N–H and O–H groups in total. The van der Waals surface area contributed by atoms with Crippen molar-refractivity contribution in [3.8, 4) is 0 Å². The molecule has 112 valence electrons. The van der Waals surface area contributed by atoms with Crippen LogP contribution in [-0.4, -0.2) is 29.7 Å². The summed E-state index contributed by atoms with van der Waals surface area (Å²) >= 11 is 0. The number of nitrogens with one attached hydrogen (secondary N) is 1. The second-order valence-corrected chi connectivity index (χ2v) is 4.64. The molecule has 2 aromatic rings. The van der Waals surface area contributed by atoms with Crippen molar-refractivity contribution in [3.63, 3.8) is 0 Å². The number of carboxylic acids is 1. The lowest BCUT2D eigenvalue weighted by molar-refractivity contribution is -0.145. The predicted octanol–water partition coefficient (Wildman–Crippen LogP) is 2.17. The molecule has 0 aliphatic rings. The predicted molar refractivity (Wildman–Crippen MR) is 76.1 cm³/mol. The van der Waals surface area contributed by atoms with Crippen LogP contribution < -0.4 is 5.32 Å². The van der Waals surface area contributed by atoms with Gasteiger partial charge in [0.2, 0.25) is 5.76 Å². The normalized spacial score (nSPS) is 12.3. The van der Waals surface area contributed by atoms with Gasteiger partial charge in [-0.3, -0.25) is 4.79 Å². The van der Waals surface area contributed by atoms with Gasteiger partial charge in [-0.05, 0) is 37.6 Å². The van der Waals surface area contributed by atoms with Gasteiger partial charge in [0.25, 0.3) is 0 Å². The number of aromatic carboxylic acids is 1. The summed E-state index contributed by atoms with van der Waals surface area (Å²) in [6.45, 7) is 4.32. The Labute approximate surface area is 121 Å². The first kappa shape index (κ1) is 15.1.